The van der Waals surface area contributed by atoms with Gasteiger partial charge >= 0.3 is 5.51 Å². The van der Waals surface area contributed by atoms with Crippen molar-refractivity contribution < 1.29 is 22.7 Å². The number of halogens is 3. The lowest BCUT2D eigenvalue weighted by molar-refractivity contribution is -0.0327. The molecule has 0 radical (unpaired) electrons. The Bertz CT molecular complexity index is 1000. The molecule has 2 aromatic heterocycles. The lowest BCUT2D eigenvalue weighted by Gasteiger charge is -2.26. The summed E-state index contributed by atoms with van der Waals surface area (Å²) in [5, 5.41) is 10.5. The van der Waals surface area contributed by atoms with E-state index in [1.165, 1.54) is 20.0 Å². The number of hydrogen-bond acceptors (Lipinski definition) is 6. The molecule has 1 aliphatic rings. The van der Waals surface area contributed by atoms with Crippen molar-refractivity contribution in [1.29, 1.82) is 0 Å². The highest BCUT2D eigenvalue weighted by Gasteiger charge is 2.27. The van der Waals surface area contributed by atoms with Gasteiger partial charge in [-0.15, -0.1) is 0 Å². The number of nitrogens with zero attached hydrogens (tertiary/aromatic N) is 3. The van der Waals surface area contributed by atoms with Gasteiger partial charge in [-0.2, -0.15) is 18.3 Å². The summed E-state index contributed by atoms with van der Waals surface area (Å²) >= 11 is -0.0830. The van der Waals surface area contributed by atoms with Gasteiger partial charge in [0.2, 0.25) is 0 Å². The monoisotopic (exact) mass is 513 g/mol. The minimum absolute atomic E-state index is 0.0830. The van der Waals surface area contributed by atoms with Crippen molar-refractivity contribution in [2.24, 2.45) is 11.8 Å². The van der Waals surface area contributed by atoms with Crippen LogP contribution < -0.4 is 15.4 Å². The molecule has 2 heterocycles. The average molecular weight is 514 g/mol. The molecule has 0 aliphatic heterocycles. The first-order chi connectivity index (χ1) is 16.6. The van der Waals surface area contributed by atoms with E-state index in [0.29, 0.717) is 41.8 Å². The maximum absolute atomic E-state index is 13.0. The number of anilines is 1. The molecule has 11 heteroatoms. The Morgan fingerprint density at radius 1 is 1.29 bits per heavy atom. The van der Waals surface area contributed by atoms with Crippen LogP contribution in [0.5, 0.6) is 5.75 Å². The van der Waals surface area contributed by atoms with Crippen LogP contribution in [0, 0.1) is 18.8 Å². The van der Waals surface area contributed by atoms with Crippen molar-refractivity contribution in [3.8, 4) is 17.0 Å². The van der Waals surface area contributed by atoms with Gasteiger partial charge in [-0.1, -0.05) is 19.8 Å². The molecule has 0 unspecified atom stereocenters. The molecular weight excluding hydrogens is 479 g/mol. The first-order valence-electron chi connectivity index (χ1n) is 12.0. The maximum Gasteiger partial charge on any atom is 0.441 e. The van der Waals surface area contributed by atoms with Gasteiger partial charge in [0.1, 0.15) is 11.6 Å². The van der Waals surface area contributed by atoms with E-state index in [0.717, 1.165) is 30.0 Å². The lowest BCUT2D eigenvalue weighted by Crippen LogP contribution is -2.31. The summed E-state index contributed by atoms with van der Waals surface area (Å²) in [5.41, 5.74) is -1.77. The molecule has 1 fully saturated rings. The number of nitrogens with one attached hydrogen (secondary N) is 2. The summed E-state index contributed by atoms with van der Waals surface area (Å²) in [6.45, 7) is 7.37. The van der Waals surface area contributed by atoms with Crippen LogP contribution in [-0.4, -0.2) is 52.1 Å². The molecule has 0 saturated heterocycles. The average Bonchev–Trinajstić information content (AvgIpc) is 3.16. The summed E-state index contributed by atoms with van der Waals surface area (Å²) < 4.78 is 44.3. The van der Waals surface area contributed by atoms with Gasteiger partial charge in [-0.05, 0) is 50.3 Å². The van der Waals surface area contributed by atoms with Crippen LogP contribution in [0.2, 0.25) is 0 Å². The van der Waals surface area contributed by atoms with Gasteiger partial charge in [0, 0.05) is 43.2 Å². The van der Waals surface area contributed by atoms with E-state index in [4.69, 9.17) is 4.74 Å². The number of carbonyl (C=O) groups is 1. The summed E-state index contributed by atoms with van der Waals surface area (Å²) in [6, 6.07) is 1.64. The van der Waals surface area contributed by atoms with Crippen molar-refractivity contribution in [2.75, 3.05) is 31.3 Å². The predicted octanol–water partition coefficient (Wildman–Crippen LogP) is 5.50. The van der Waals surface area contributed by atoms with E-state index in [1.807, 2.05) is 13.8 Å². The fraction of sp³-hybridized carbons (Fsp3) is 0.625. The highest BCUT2D eigenvalue weighted by atomic mass is 32.2. The third kappa shape index (κ3) is 7.28. The molecule has 3 rings (SSSR count). The number of thioether (sulfide) groups is 1. The van der Waals surface area contributed by atoms with E-state index in [-0.39, 0.29) is 30.0 Å². The number of amides is 1. The molecule has 0 bridgehead atoms. The fourth-order valence-electron chi connectivity index (χ4n) is 4.42. The Kier molecular flexibility index (Phi) is 9.32. The van der Waals surface area contributed by atoms with E-state index in [9.17, 15) is 18.0 Å². The zero-order valence-corrected chi connectivity index (χ0v) is 21.5. The molecule has 194 valence electrons. The van der Waals surface area contributed by atoms with Gasteiger partial charge in [-0.25, -0.2) is 4.98 Å². The Labute approximate surface area is 208 Å². The number of aryl methyl sites for hydroxylation is 1. The summed E-state index contributed by atoms with van der Waals surface area (Å²) in [7, 11) is 1.52. The molecular formula is C24H34F3N5O2S. The van der Waals surface area contributed by atoms with Crippen LogP contribution in [0.1, 0.15) is 55.6 Å². The molecule has 2 aromatic rings. The first kappa shape index (κ1) is 27.2. The molecule has 0 atom stereocenters. The van der Waals surface area contributed by atoms with Crippen molar-refractivity contribution in [2.45, 2.75) is 58.5 Å². The number of hydrogen-bond donors (Lipinski definition) is 2. The second-order valence-electron chi connectivity index (χ2n) is 8.96. The van der Waals surface area contributed by atoms with E-state index in [1.54, 1.807) is 16.9 Å². The van der Waals surface area contributed by atoms with E-state index < -0.39 is 5.51 Å². The molecule has 1 saturated carbocycles. The van der Waals surface area contributed by atoms with Crippen LogP contribution in [-0.2, 0) is 6.54 Å². The Hall–Kier alpha value is -2.43. The Morgan fingerprint density at radius 3 is 2.63 bits per heavy atom. The molecule has 7 nitrogen and oxygen atoms in total. The Balaban J connectivity index is 1.74. The second-order valence-corrected chi connectivity index (χ2v) is 10.1. The van der Waals surface area contributed by atoms with Crippen molar-refractivity contribution in [1.82, 2.24) is 20.1 Å². The van der Waals surface area contributed by atoms with Crippen LogP contribution in [0.4, 0.5) is 19.0 Å². The number of pyridine rings is 1. The lowest BCUT2D eigenvalue weighted by atomic mass is 9.83. The normalized spacial score (nSPS) is 18.4. The van der Waals surface area contributed by atoms with Crippen molar-refractivity contribution in [3.63, 3.8) is 0 Å². The predicted molar refractivity (Wildman–Crippen MR) is 133 cm³/mol. The summed E-state index contributed by atoms with van der Waals surface area (Å²) in [6.07, 6.45) is 6.26. The second kappa shape index (κ2) is 12.0. The van der Waals surface area contributed by atoms with Gasteiger partial charge in [-0.3, -0.25) is 9.48 Å². The molecule has 2 N–H and O–H groups in total. The molecule has 1 aliphatic carbocycles. The summed E-state index contributed by atoms with van der Waals surface area (Å²) in [5.74, 6) is 1.84. The minimum Gasteiger partial charge on any atom is -0.496 e. The smallest absolute Gasteiger partial charge is 0.441 e. The standard InChI is InChI=1S/C24H34F3N5O2S/c1-5-32-22(16(3)21(31-32)23(33)30-13-17-8-6-15(2)7-9-17)18-14-29-20(12-19(18)34-4)28-10-11-35-24(25,26)27/h12,14-15,17H,5-11,13H2,1-4H3,(H,28,29)(H,30,33). The number of methoxy groups -OCH3 is 1. The molecule has 0 spiro atoms. The van der Waals surface area contributed by atoms with Crippen LogP contribution in [0.15, 0.2) is 12.3 Å². The highest BCUT2D eigenvalue weighted by Crippen LogP contribution is 2.35. The fourth-order valence-corrected chi connectivity index (χ4v) is 4.85. The van der Waals surface area contributed by atoms with Crippen LogP contribution >= 0.6 is 11.8 Å². The molecule has 35 heavy (non-hydrogen) atoms. The molecule has 0 aromatic carbocycles. The number of carbonyl (C=O) groups excluding carboxylic acids is 1. The Morgan fingerprint density at radius 2 is 2.00 bits per heavy atom. The zero-order chi connectivity index (χ0) is 25.6. The van der Waals surface area contributed by atoms with Crippen molar-refractivity contribution >= 4 is 23.5 Å². The third-order valence-electron chi connectivity index (χ3n) is 6.41. The van der Waals surface area contributed by atoms with Crippen LogP contribution in [0.3, 0.4) is 0 Å². The van der Waals surface area contributed by atoms with E-state index in [2.05, 4.69) is 27.6 Å². The number of ether oxygens (including phenoxy) is 1. The largest absolute Gasteiger partial charge is 0.496 e. The number of rotatable bonds is 10. The van der Waals surface area contributed by atoms with Crippen molar-refractivity contribution in [3.05, 3.63) is 23.5 Å². The maximum atomic E-state index is 13.0. The SMILES string of the molecule is CCn1nc(C(=O)NCC2CCC(C)CC2)c(C)c1-c1cnc(NCCSC(F)(F)F)cc1OC. The van der Waals surface area contributed by atoms with Gasteiger partial charge < -0.3 is 15.4 Å². The molecule has 1 amide bonds. The minimum atomic E-state index is -4.26. The topological polar surface area (TPSA) is 81.1 Å². The van der Waals surface area contributed by atoms with Gasteiger partial charge in [0.15, 0.2) is 5.69 Å². The van der Waals surface area contributed by atoms with Gasteiger partial charge in [0.05, 0.1) is 18.4 Å². The number of aromatic nitrogens is 3. The quantitative estimate of drug-likeness (QED) is 0.408. The first-order valence-corrected chi connectivity index (χ1v) is 13.0. The highest BCUT2D eigenvalue weighted by molar-refractivity contribution is 8.00. The zero-order valence-electron chi connectivity index (χ0n) is 20.7. The summed E-state index contributed by atoms with van der Waals surface area (Å²) in [4.78, 5) is 17.3. The third-order valence-corrected chi connectivity index (χ3v) is 7.14. The van der Waals surface area contributed by atoms with Gasteiger partial charge in [0.25, 0.3) is 5.91 Å². The van der Waals surface area contributed by atoms with E-state index >= 15 is 0 Å². The number of alkyl halides is 3. The van der Waals surface area contributed by atoms with Crippen LogP contribution in [0.25, 0.3) is 11.3 Å².